The van der Waals surface area contributed by atoms with E-state index in [-0.39, 0.29) is 0 Å². The molecule has 0 saturated carbocycles. The molecule has 1 atom stereocenters. The van der Waals surface area contributed by atoms with Gasteiger partial charge in [0.1, 0.15) is 0 Å². The van der Waals surface area contributed by atoms with Crippen molar-refractivity contribution in [2.24, 2.45) is 5.92 Å². The van der Waals surface area contributed by atoms with Crippen LogP contribution in [0, 0.1) is 5.92 Å². The topological polar surface area (TPSA) is 12.0 Å². The van der Waals surface area contributed by atoms with E-state index < -0.39 is 0 Å². The third kappa shape index (κ3) is 2.70. The standard InChI is InChI=1S/C9H19N/c1-8(2)5-6-9-4-3-7-10-9/h8-10H,3-7H2,1-2H3. The Morgan fingerprint density at radius 2 is 2.30 bits per heavy atom. The molecule has 1 aliphatic heterocycles. The van der Waals surface area contributed by atoms with Crippen molar-refractivity contribution < 1.29 is 0 Å². The van der Waals surface area contributed by atoms with Gasteiger partial charge in [0.15, 0.2) is 0 Å². The first-order valence-corrected chi connectivity index (χ1v) is 4.52. The minimum Gasteiger partial charge on any atom is -0.314 e. The van der Waals surface area contributed by atoms with Crippen molar-refractivity contribution in [1.29, 1.82) is 0 Å². The molecular weight excluding hydrogens is 122 g/mol. The normalized spacial score (nSPS) is 26.1. The maximum atomic E-state index is 3.51. The van der Waals surface area contributed by atoms with E-state index >= 15 is 0 Å². The average molecular weight is 141 g/mol. The van der Waals surface area contributed by atoms with Crippen LogP contribution in [0.25, 0.3) is 0 Å². The molecule has 10 heavy (non-hydrogen) atoms. The van der Waals surface area contributed by atoms with Gasteiger partial charge in [-0.2, -0.15) is 0 Å². The summed E-state index contributed by atoms with van der Waals surface area (Å²) in [5.41, 5.74) is 0. The van der Waals surface area contributed by atoms with Crippen molar-refractivity contribution in [3.8, 4) is 0 Å². The summed E-state index contributed by atoms with van der Waals surface area (Å²) in [5.74, 6) is 0.877. The van der Waals surface area contributed by atoms with Gasteiger partial charge in [-0.25, -0.2) is 0 Å². The molecule has 1 unspecified atom stereocenters. The second-order valence-electron chi connectivity index (χ2n) is 3.76. The fourth-order valence-corrected chi connectivity index (χ4v) is 1.54. The highest BCUT2D eigenvalue weighted by molar-refractivity contribution is 4.73. The first kappa shape index (κ1) is 8.06. The predicted molar refractivity (Wildman–Crippen MR) is 45.1 cm³/mol. The largest absolute Gasteiger partial charge is 0.314 e. The summed E-state index contributed by atoms with van der Waals surface area (Å²) in [6.45, 7) is 5.85. The zero-order valence-electron chi connectivity index (χ0n) is 7.19. The minimum atomic E-state index is 0.849. The first-order valence-electron chi connectivity index (χ1n) is 4.52. The molecule has 1 heteroatoms. The zero-order chi connectivity index (χ0) is 7.40. The van der Waals surface area contributed by atoms with E-state index in [2.05, 4.69) is 19.2 Å². The lowest BCUT2D eigenvalue weighted by Crippen LogP contribution is -2.21. The van der Waals surface area contributed by atoms with Crippen LogP contribution in [0.15, 0.2) is 0 Å². The van der Waals surface area contributed by atoms with Crippen molar-refractivity contribution in [2.45, 2.75) is 45.6 Å². The molecule has 1 nitrogen and oxygen atoms in total. The molecule has 1 rings (SSSR count). The Balaban J connectivity index is 2.01. The van der Waals surface area contributed by atoms with Crippen LogP contribution in [0.5, 0.6) is 0 Å². The van der Waals surface area contributed by atoms with Gasteiger partial charge in [0.05, 0.1) is 0 Å². The highest BCUT2D eigenvalue weighted by Crippen LogP contribution is 2.13. The Bertz CT molecular complexity index is 82.7. The molecule has 0 radical (unpaired) electrons. The van der Waals surface area contributed by atoms with Gasteiger partial charge in [0.2, 0.25) is 0 Å². The van der Waals surface area contributed by atoms with Gasteiger partial charge in [-0.1, -0.05) is 13.8 Å². The predicted octanol–water partition coefficient (Wildman–Crippen LogP) is 2.17. The monoisotopic (exact) mass is 141 g/mol. The SMILES string of the molecule is CC(C)CCC1CCCN1. The highest BCUT2D eigenvalue weighted by Gasteiger charge is 2.13. The number of rotatable bonds is 3. The van der Waals surface area contributed by atoms with E-state index in [1.165, 1.54) is 32.2 Å². The number of nitrogens with one attached hydrogen (secondary N) is 1. The van der Waals surface area contributed by atoms with Crippen LogP contribution in [0.4, 0.5) is 0 Å². The highest BCUT2D eigenvalue weighted by atomic mass is 14.9. The summed E-state index contributed by atoms with van der Waals surface area (Å²) in [4.78, 5) is 0. The molecule has 1 N–H and O–H groups in total. The van der Waals surface area contributed by atoms with Crippen LogP contribution in [0.3, 0.4) is 0 Å². The van der Waals surface area contributed by atoms with E-state index in [4.69, 9.17) is 0 Å². The molecule has 0 spiro atoms. The molecule has 1 heterocycles. The molecule has 0 bridgehead atoms. The van der Waals surface area contributed by atoms with Crippen LogP contribution in [0.2, 0.25) is 0 Å². The molecule has 0 amide bonds. The molecule has 1 saturated heterocycles. The lowest BCUT2D eigenvalue weighted by Gasteiger charge is -2.10. The first-order chi connectivity index (χ1) is 4.79. The minimum absolute atomic E-state index is 0.849. The van der Waals surface area contributed by atoms with Gasteiger partial charge >= 0.3 is 0 Å². The summed E-state index contributed by atoms with van der Waals surface area (Å²) in [6, 6.07) is 0.849. The Morgan fingerprint density at radius 3 is 2.80 bits per heavy atom. The summed E-state index contributed by atoms with van der Waals surface area (Å²) in [6.07, 6.45) is 5.57. The lowest BCUT2D eigenvalue weighted by molar-refractivity contribution is 0.471. The maximum absolute atomic E-state index is 3.51. The summed E-state index contributed by atoms with van der Waals surface area (Å²) in [7, 11) is 0. The van der Waals surface area contributed by atoms with Crippen molar-refractivity contribution in [3.63, 3.8) is 0 Å². The van der Waals surface area contributed by atoms with Crippen molar-refractivity contribution in [3.05, 3.63) is 0 Å². The molecule has 0 aromatic carbocycles. The Kier molecular flexibility index (Phi) is 3.20. The van der Waals surface area contributed by atoms with Crippen LogP contribution in [-0.4, -0.2) is 12.6 Å². The van der Waals surface area contributed by atoms with Gasteiger partial charge in [-0.3, -0.25) is 0 Å². The Labute approximate surface area is 64.2 Å². The van der Waals surface area contributed by atoms with E-state index in [9.17, 15) is 0 Å². The summed E-state index contributed by atoms with van der Waals surface area (Å²) >= 11 is 0. The summed E-state index contributed by atoms with van der Waals surface area (Å²) in [5, 5.41) is 3.51. The number of hydrogen-bond acceptors (Lipinski definition) is 1. The van der Waals surface area contributed by atoms with Gasteiger partial charge in [0, 0.05) is 6.04 Å². The van der Waals surface area contributed by atoms with Crippen molar-refractivity contribution >= 4 is 0 Å². The number of hydrogen-bond donors (Lipinski definition) is 1. The maximum Gasteiger partial charge on any atom is 0.00676 e. The molecule has 0 aromatic heterocycles. The third-order valence-corrected chi connectivity index (χ3v) is 2.25. The van der Waals surface area contributed by atoms with Crippen molar-refractivity contribution in [2.75, 3.05) is 6.54 Å². The van der Waals surface area contributed by atoms with Crippen LogP contribution in [-0.2, 0) is 0 Å². The summed E-state index contributed by atoms with van der Waals surface area (Å²) < 4.78 is 0. The molecule has 1 aliphatic rings. The van der Waals surface area contributed by atoms with Gasteiger partial charge in [-0.15, -0.1) is 0 Å². The Morgan fingerprint density at radius 1 is 1.50 bits per heavy atom. The van der Waals surface area contributed by atoms with Crippen molar-refractivity contribution in [1.82, 2.24) is 5.32 Å². The van der Waals surface area contributed by atoms with E-state index in [0.29, 0.717) is 0 Å². The fraction of sp³-hybridized carbons (Fsp3) is 1.00. The second kappa shape index (κ2) is 3.97. The van der Waals surface area contributed by atoms with E-state index in [0.717, 1.165) is 12.0 Å². The average Bonchev–Trinajstić information content (AvgIpc) is 2.34. The van der Waals surface area contributed by atoms with Crippen LogP contribution < -0.4 is 5.32 Å². The van der Waals surface area contributed by atoms with Gasteiger partial charge in [0.25, 0.3) is 0 Å². The smallest absolute Gasteiger partial charge is 0.00676 e. The quantitative estimate of drug-likeness (QED) is 0.635. The van der Waals surface area contributed by atoms with E-state index in [1.807, 2.05) is 0 Å². The zero-order valence-corrected chi connectivity index (χ0v) is 7.19. The molecule has 0 aliphatic carbocycles. The molecule has 1 fully saturated rings. The van der Waals surface area contributed by atoms with Gasteiger partial charge < -0.3 is 5.32 Å². The lowest BCUT2D eigenvalue weighted by atomic mass is 10.0. The van der Waals surface area contributed by atoms with Crippen LogP contribution in [0.1, 0.15) is 39.5 Å². The van der Waals surface area contributed by atoms with E-state index in [1.54, 1.807) is 0 Å². The molecule has 0 aromatic rings. The Hall–Kier alpha value is -0.0400. The van der Waals surface area contributed by atoms with Crippen LogP contribution >= 0.6 is 0 Å². The molecule has 60 valence electrons. The second-order valence-corrected chi connectivity index (χ2v) is 3.76. The van der Waals surface area contributed by atoms with Gasteiger partial charge in [-0.05, 0) is 38.1 Å². The fourth-order valence-electron chi connectivity index (χ4n) is 1.54. The third-order valence-electron chi connectivity index (χ3n) is 2.25. The molecular formula is C9H19N.